The zero-order chi connectivity index (χ0) is 13.7. The summed E-state index contributed by atoms with van der Waals surface area (Å²) in [7, 11) is 0. The minimum Gasteiger partial charge on any atom is -0.406 e. The second-order valence-corrected chi connectivity index (χ2v) is 5.91. The summed E-state index contributed by atoms with van der Waals surface area (Å²) in [6, 6.07) is 8.40. The van der Waals surface area contributed by atoms with E-state index in [9.17, 15) is 0 Å². The predicted octanol–water partition coefficient (Wildman–Crippen LogP) is 3.16. The van der Waals surface area contributed by atoms with Gasteiger partial charge in [-0.15, -0.1) is 5.10 Å². The first kappa shape index (κ1) is 14.3. The highest BCUT2D eigenvalue weighted by Gasteiger charge is 2.06. The fourth-order valence-electron chi connectivity index (χ4n) is 1.53. The summed E-state index contributed by atoms with van der Waals surface area (Å²) >= 11 is 2.26. The average molecular weight is 372 g/mol. The van der Waals surface area contributed by atoms with E-state index in [1.54, 1.807) is 0 Å². The van der Waals surface area contributed by atoms with Gasteiger partial charge in [0.15, 0.2) is 0 Å². The lowest BCUT2D eigenvalue weighted by Crippen LogP contribution is -2.19. The van der Waals surface area contributed by atoms with Crippen LogP contribution in [-0.2, 0) is 6.54 Å². The molecule has 102 valence electrons. The quantitative estimate of drug-likeness (QED) is 0.763. The normalized spacial score (nSPS) is 10.9. The fourth-order valence-corrected chi connectivity index (χ4v) is 2.08. The molecule has 0 spiro atoms. The molecule has 0 aliphatic carbocycles. The molecule has 0 aliphatic heterocycles. The minimum atomic E-state index is 0.420. The Morgan fingerprint density at radius 2 is 2.16 bits per heavy atom. The van der Waals surface area contributed by atoms with Gasteiger partial charge in [0, 0.05) is 9.26 Å². The summed E-state index contributed by atoms with van der Waals surface area (Å²) in [5.41, 5.74) is 0.942. The number of rotatable bonds is 6. The maximum Gasteiger partial charge on any atom is 0.320 e. The molecule has 2 N–H and O–H groups in total. The van der Waals surface area contributed by atoms with Gasteiger partial charge in [-0.25, -0.2) is 0 Å². The molecule has 2 rings (SSSR count). The van der Waals surface area contributed by atoms with E-state index in [2.05, 4.69) is 57.3 Å². The number of benzene rings is 1. The van der Waals surface area contributed by atoms with Crippen molar-refractivity contribution in [3.8, 4) is 0 Å². The van der Waals surface area contributed by atoms with Crippen molar-refractivity contribution in [3.05, 3.63) is 33.7 Å². The summed E-state index contributed by atoms with van der Waals surface area (Å²) in [6.07, 6.45) is 0. The van der Waals surface area contributed by atoms with E-state index in [4.69, 9.17) is 4.42 Å². The lowest BCUT2D eigenvalue weighted by Gasteiger charge is -2.04. The zero-order valence-corrected chi connectivity index (χ0v) is 13.1. The van der Waals surface area contributed by atoms with Crippen molar-refractivity contribution < 1.29 is 4.42 Å². The van der Waals surface area contributed by atoms with Gasteiger partial charge in [0.05, 0.1) is 6.54 Å². The second-order valence-electron chi connectivity index (χ2n) is 4.66. The van der Waals surface area contributed by atoms with Crippen LogP contribution in [0.4, 0.5) is 11.7 Å². The standard InChI is InChI=1S/C13H17IN4O/c1-9(2)7-15-8-12-17-18-13(19-12)16-11-5-3-4-10(14)6-11/h3-6,9,15H,7-8H2,1-2H3,(H,16,18). The van der Waals surface area contributed by atoms with Crippen LogP contribution < -0.4 is 10.6 Å². The van der Waals surface area contributed by atoms with Crippen LogP contribution in [0.25, 0.3) is 0 Å². The number of aromatic nitrogens is 2. The molecule has 0 unspecified atom stereocenters. The highest BCUT2D eigenvalue weighted by atomic mass is 127. The van der Waals surface area contributed by atoms with Gasteiger partial charge in [0.1, 0.15) is 0 Å². The number of anilines is 2. The first-order chi connectivity index (χ1) is 9.13. The molecule has 19 heavy (non-hydrogen) atoms. The number of nitrogens with zero attached hydrogens (tertiary/aromatic N) is 2. The lowest BCUT2D eigenvalue weighted by atomic mass is 10.2. The van der Waals surface area contributed by atoms with Gasteiger partial charge in [-0.2, -0.15) is 0 Å². The molecular weight excluding hydrogens is 355 g/mol. The van der Waals surface area contributed by atoms with Crippen LogP contribution in [0.1, 0.15) is 19.7 Å². The maximum absolute atomic E-state index is 5.51. The molecule has 1 heterocycles. The Hall–Kier alpha value is -1.15. The summed E-state index contributed by atoms with van der Waals surface area (Å²) in [6.45, 7) is 5.84. The van der Waals surface area contributed by atoms with Gasteiger partial charge in [0.2, 0.25) is 5.89 Å². The first-order valence-electron chi connectivity index (χ1n) is 6.19. The number of hydrogen-bond donors (Lipinski definition) is 2. The molecule has 0 aliphatic rings. The molecule has 2 aromatic rings. The molecule has 5 nitrogen and oxygen atoms in total. The monoisotopic (exact) mass is 372 g/mol. The summed E-state index contributed by atoms with van der Waals surface area (Å²) in [5, 5.41) is 14.3. The Bertz CT molecular complexity index is 527. The van der Waals surface area contributed by atoms with Gasteiger partial charge in [-0.05, 0) is 53.3 Å². The molecule has 0 atom stereocenters. The smallest absolute Gasteiger partial charge is 0.320 e. The van der Waals surface area contributed by atoms with Crippen molar-refractivity contribution in [2.75, 3.05) is 11.9 Å². The number of hydrogen-bond acceptors (Lipinski definition) is 5. The Labute approximate surface area is 126 Å². The minimum absolute atomic E-state index is 0.420. The highest BCUT2D eigenvalue weighted by molar-refractivity contribution is 14.1. The predicted molar refractivity (Wildman–Crippen MR) is 83.3 cm³/mol. The summed E-state index contributed by atoms with van der Waals surface area (Å²) in [4.78, 5) is 0. The van der Waals surface area contributed by atoms with Gasteiger partial charge in [-0.1, -0.05) is 25.0 Å². The van der Waals surface area contributed by atoms with E-state index in [0.717, 1.165) is 15.8 Å². The lowest BCUT2D eigenvalue weighted by molar-refractivity contribution is 0.460. The Morgan fingerprint density at radius 3 is 2.89 bits per heavy atom. The van der Waals surface area contributed by atoms with E-state index in [1.807, 2.05) is 24.3 Å². The third kappa shape index (κ3) is 4.79. The maximum atomic E-state index is 5.51. The van der Waals surface area contributed by atoms with E-state index in [-0.39, 0.29) is 0 Å². The van der Waals surface area contributed by atoms with Gasteiger partial charge in [-0.3, -0.25) is 0 Å². The third-order valence-electron chi connectivity index (χ3n) is 2.37. The van der Waals surface area contributed by atoms with Crippen LogP contribution in [0.2, 0.25) is 0 Å². The van der Waals surface area contributed by atoms with Crippen molar-refractivity contribution in [2.24, 2.45) is 5.92 Å². The van der Waals surface area contributed by atoms with Gasteiger partial charge >= 0.3 is 6.01 Å². The van der Waals surface area contributed by atoms with Crippen LogP contribution in [0.15, 0.2) is 28.7 Å². The second kappa shape index (κ2) is 6.85. The molecule has 0 bridgehead atoms. The largest absolute Gasteiger partial charge is 0.406 e. The molecule has 0 saturated heterocycles. The van der Waals surface area contributed by atoms with E-state index >= 15 is 0 Å². The van der Waals surface area contributed by atoms with Crippen LogP contribution in [0, 0.1) is 9.49 Å². The van der Waals surface area contributed by atoms with Crippen molar-refractivity contribution in [2.45, 2.75) is 20.4 Å². The molecule has 0 amide bonds. The van der Waals surface area contributed by atoms with Crippen LogP contribution in [-0.4, -0.2) is 16.7 Å². The number of nitrogens with one attached hydrogen (secondary N) is 2. The molecule has 0 fully saturated rings. The summed E-state index contributed by atoms with van der Waals surface area (Å²) in [5.74, 6) is 1.20. The molecule has 6 heteroatoms. The van der Waals surface area contributed by atoms with Gasteiger partial charge < -0.3 is 15.1 Å². The highest BCUT2D eigenvalue weighted by Crippen LogP contribution is 2.17. The zero-order valence-electron chi connectivity index (χ0n) is 11.0. The summed E-state index contributed by atoms with van der Waals surface area (Å²) < 4.78 is 6.66. The Morgan fingerprint density at radius 1 is 1.32 bits per heavy atom. The van der Waals surface area contributed by atoms with Crippen molar-refractivity contribution >= 4 is 34.3 Å². The fraction of sp³-hybridized carbons (Fsp3) is 0.385. The van der Waals surface area contributed by atoms with Gasteiger partial charge in [0.25, 0.3) is 0 Å². The van der Waals surface area contributed by atoms with E-state index in [0.29, 0.717) is 24.4 Å². The molecular formula is C13H17IN4O. The number of halogens is 1. The SMILES string of the molecule is CC(C)CNCc1nnc(Nc2cccc(I)c2)o1. The molecule has 0 radical (unpaired) electrons. The topological polar surface area (TPSA) is 63.0 Å². The van der Waals surface area contributed by atoms with Crippen molar-refractivity contribution in [1.29, 1.82) is 0 Å². The third-order valence-corrected chi connectivity index (χ3v) is 3.04. The first-order valence-corrected chi connectivity index (χ1v) is 7.27. The Kier molecular flexibility index (Phi) is 5.15. The van der Waals surface area contributed by atoms with E-state index in [1.165, 1.54) is 0 Å². The van der Waals surface area contributed by atoms with Crippen LogP contribution in [0.5, 0.6) is 0 Å². The average Bonchev–Trinajstić information content (AvgIpc) is 2.76. The van der Waals surface area contributed by atoms with Crippen LogP contribution in [0.3, 0.4) is 0 Å². The molecule has 0 saturated carbocycles. The van der Waals surface area contributed by atoms with Crippen LogP contribution >= 0.6 is 22.6 Å². The van der Waals surface area contributed by atoms with Crippen molar-refractivity contribution in [3.63, 3.8) is 0 Å². The van der Waals surface area contributed by atoms with E-state index < -0.39 is 0 Å². The Balaban J connectivity index is 1.90. The molecule has 1 aromatic heterocycles. The van der Waals surface area contributed by atoms with Crippen molar-refractivity contribution in [1.82, 2.24) is 15.5 Å². The molecule has 1 aromatic carbocycles.